The summed E-state index contributed by atoms with van der Waals surface area (Å²) in [6.45, 7) is 0. The molecule has 1 aromatic heterocycles. The molecule has 0 atom stereocenters. The summed E-state index contributed by atoms with van der Waals surface area (Å²) in [5, 5.41) is 1.65. The summed E-state index contributed by atoms with van der Waals surface area (Å²) < 4.78 is 23.4. The molecule has 0 radical (unpaired) electrons. The molecule has 0 N–H and O–H groups in total. The quantitative estimate of drug-likeness (QED) is 0.693. The summed E-state index contributed by atoms with van der Waals surface area (Å²) >= 11 is 5.78. The predicted octanol–water partition coefficient (Wildman–Crippen LogP) is 3.80. The van der Waals surface area contributed by atoms with Gasteiger partial charge in [0, 0.05) is 26.8 Å². The highest BCUT2D eigenvalue weighted by molar-refractivity contribution is 8.31. The number of hydrogen-bond donors (Lipinski definition) is 0. The highest BCUT2D eigenvalue weighted by Crippen LogP contribution is 2.24. The predicted molar refractivity (Wildman–Crippen MR) is 61.8 cm³/mol. The maximum atomic E-state index is 9.16. The van der Waals surface area contributed by atoms with Gasteiger partial charge >= 0.3 is 8.26 Å². The molecule has 3 nitrogen and oxygen atoms in total. The van der Waals surface area contributed by atoms with Crippen molar-refractivity contribution >= 4 is 52.2 Å². The van der Waals surface area contributed by atoms with Crippen molar-refractivity contribution in [3.63, 3.8) is 0 Å². The van der Waals surface area contributed by atoms with Gasteiger partial charge in [0.2, 0.25) is 0 Å². The first-order valence-electron chi connectivity index (χ1n) is 3.64. The van der Waals surface area contributed by atoms with E-state index in [2.05, 4.69) is 21.4 Å². The molecule has 15 heavy (non-hydrogen) atoms. The van der Waals surface area contributed by atoms with Gasteiger partial charge in [-0.1, -0.05) is 23.7 Å². The molecule has 0 spiro atoms. The van der Waals surface area contributed by atoms with E-state index in [-0.39, 0.29) is 0 Å². The Morgan fingerprint density at radius 3 is 2.20 bits per heavy atom. The van der Waals surface area contributed by atoms with Gasteiger partial charge in [0.05, 0.1) is 5.02 Å². The summed E-state index contributed by atoms with van der Waals surface area (Å²) in [6, 6.07) is 7.67. The van der Waals surface area contributed by atoms with Crippen molar-refractivity contribution in [2.45, 2.75) is 0 Å². The van der Waals surface area contributed by atoms with E-state index < -0.39 is 8.26 Å². The van der Waals surface area contributed by atoms with Crippen LogP contribution in [0.15, 0.2) is 34.9 Å². The van der Waals surface area contributed by atoms with Gasteiger partial charge in [0.25, 0.3) is 0 Å². The molecule has 0 amide bonds. The van der Waals surface area contributed by atoms with Crippen molar-refractivity contribution in [1.82, 2.24) is 0 Å². The van der Waals surface area contributed by atoms with Crippen LogP contribution < -0.4 is 0 Å². The van der Waals surface area contributed by atoms with E-state index >= 15 is 0 Å². The minimum Gasteiger partial charge on any atom is -0.463 e. The molecule has 0 unspecified atom stereocenters. The van der Waals surface area contributed by atoms with Crippen molar-refractivity contribution in [2.75, 3.05) is 0 Å². The Balaban J connectivity index is 0.000000195. The van der Waals surface area contributed by atoms with Gasteiger partial charge in [-0.25, -0.2) is 0 Å². The number of furan rings is 1. The fourth-order valence-electron chi connectivity index (χ4n) is 0.945. The van der Waals surface area contributed by atoms with Gasteiger partial charge in [-0.3, -0.25) is 0 Å². The van der Waals surface area contributed by atoms with Crippen molar-refractivity contribution in [3.8, 4) is 0 Å². The van der Waals surface area contributed by atoms with Gasteiger partial charge in [-0.05, 0) is 12.1 Å². The first kappa shape index (κ1) is 12.6. The Morgan fingerprint density at radius 1 is 1.13 bits per heavy atom. The molecule has 0 saturated carbocycles. The third kappa shape index (κ3) is 4.75. The van der Waals surface area contributed by atoms with Crippen molar-refractivity contribution in [1.29, 1.82) is 0 Å². The van der Waals surface area contributed by atoms with E-state index in [1.54, 1.807) is 6.26 Å². The number of benzene rings is 1. The average molecular weight is 288 g/mol. The zero-order chi connectivity index (χ0) is 11.5. The van der Waals surface area contributed by atoms with Gasteiger partial charge in [0.15, 0.2) is 0 Å². The molecule has 2 aromatic rings. The lowest BCUT2D eigenvalue weighted by Gasteiger charge is -1.83. The lowest BCUT2D eigenvalue weighted by Crippen LogP contribution is -1.63. The van der Waals surface area contributed by atoms with Crippen LogP contribution >= 0.6 is 33.0 Å². The van der Waals surface area contributed by atoms with Crippen LogP contribution in [0, 0.1) is 0 Å². The average Bonchev–Trinajstić information content (AvgIpc) is 2.46. The van der Waals surface area contributed by atoms with Crippen LogP contribution in [0.5, 0.6) is 0 Å². The number of halogens is 3. The first-order chi connectivity index (χ1) is 6.88. The monoisotopic (exact) mass is 286 g/mol. The molecule has 1 heterocycles. The summed E-state index contributed by atoms with van der Waals surface area (Å²) in [5.41, 5.74) is 0.840. The molecule has 0 fully saturated rings. The summed E-state index contributed by atoms with van der Waals surface area (Å²) in [6.07, 6.45) is 1.55. The number of para-hydroxylation sites is 1. The Bertz CT molecular complexity index is 539. The fraction of sp³-hybridized carbons (Fsp3) is 0. The molecule has 0 aliphatic carbocycles. The zero-order valence-corrected chi connectivity index (χ0v) is 10.2. The smallest absolute Gasteiger partial charge is 0.317 e. The second kappa shape index (κ2) is 5.07. The normalized spacial score (nSPS) is 10.9. The number of fused-ring (bicyclic) bond motifs is 1. The molecular formula is C8H5Cl3O3S. The van der Waals surface area contributed by atoms with Crippen molar-refractivity contribution in [2.24, 2.45) is 0 Å². The van der Waals surface area contributed by atoms with E-state index in [0.29, 0.717) is 5.02 Å². The third-order valence-corrected chi connectivity index (χ3v) is 1.73. The highest BCUT2D eigenvalue weighted by atomic mass is 36.0. The Hall–Kier alpha value is -0.420. The Labute approximate surface area is 100 Å². The molecule has 0 saturated heterocycles. The molecular weight excluding hydrogens is 283 g/mol. The summed E-state index contributed by atoms with van der Waals surface area (Å²) in [5.74, 6) is 0. The Morgan fingerprint density at radius 2 is 1.67 bits per heavy atom. The lowest BCUT2D eigenvalue weighted by molar-refractivity contribution is 0.616. The maximum absolute atomic E-state index is 9.16. The topological polar surface area (TPSA) is 47.3 Å². The van der Waals surface area contributed by atoms with E-state index in [0.717, 1.165) is 11.0 Å². The van der Waals surface area contributed by atoms with Gasteiger partial charge in [-0.2, -0.15) is 8.42 Å². The first-order valence-corrected chi connectivity index (χ1v) is 7.15. The largest absolute Gasteiger partial charge is 0.463 e. The van der Waals surface area contributed by atoms with E-state index in [4.69, 9.17) is 24.4 Å². The second-order valence-electron chi connectivity index (χ2n) is 2.46. The summed E-state index contributed by atoms with van der Waals surface area (Å²) in [7, 11) is 4.81. The molecule has 0 bridgehead atoms. The number of rotatable bonds is 0. The van der Waals surface area contributed by atoms with Crippen LogP contribution in [0.2, 0.25) is 5.02 Å². The zero-order valence-electron chi connectivity index (χ0n) is 7.15. The molecule has 82 valence electrons. The fourth-order valence-corrected chi connectivity index (χ4v) is 1.15. The third-order valence-electron chi connectivity index (χ3n) is 1.43. The van der Waals surface area contributed by atoms with Crippen LogP contribution in [0.3, 0.4) is 0 Å². The highest BCUT2D eigenvalue weighted by Gasteiger charge is 1.99. The molecule has 0 aliphatic heterocycles. The SMILES string of the molecule is Clc1coc2ccccc12.O=S(=O)(Cl)Cl. The Kier molecular flexibility index (Phi) is 4.28. The van der Waals surface area contributed by atoms with Crippen LogP contribution in [-0.2, 0) is 8.26 Å². The van der Waals surface area contributed by atoms with Crippen molar-refractivity contribution in [3.05, 3.63) is 35.6 Å². The van der Waals surface area contributed by atoms with E-state index in [9.17, 15) is 0 Å². The number of hydrogen-bond acceptors (Lipinski definition) is 3. The van der Waals surface area contributed by atoms with Crippen LogP contribution in [0.1, 0.15) is 0 Å². The lowest BCUT2D eigenvalue weighted by atomic mass is 10.3. The minimum absolute atomic E-state index is 0.676. The molecule has 2 rings (SSSR count). The van der Waals surface area contributed by atoms with Gasteiger partial charge in [0.1, 0.15) is 11.8 Å². The van der Waals surface area contributed by atoms with Gasteiger partial charge in [-0.15, -0.1) is 0 Å². The maximum Gasteiger partial charge on any atom is 0.317 e. The van der Waals surface area contributed by atoms with Crippen LogP contribution in [0.4, 0.5) is 0 Å². The minimum atomic E-state index is -3.72. The molecule has 7 heteroatoms. The van der Waals surface area contributed by atoms with Crippen LogP contribution in [0.25, 0.3) is 11.0 Å². The molecule has 1 aromatic carbocycles. The van der Waals surface area contributed by atoms with E-state index in [1.807, 2.05) is 24.3 Å². The van der Waals surface area contributed by atoms with Crippen molar-refractivity contribution < 1.29 is 12.8 Å². The van der Waals surface area contributed by atoms with E-state index in [1.165, 1.54) is 0 Å². The standard InChI is InChI=1S/C8H5ClO.Cl2O2S/c9-7-5-10-8-4-2-1-3-6(7)8;1-5(2,3)4/h1-5H;. The van der Waals surface area contributed by atoms with Crippen LogP contribution in [-0.4, -0.2) is 8.42 Å². The van der Waals surface area contributed by atoms with Gasteiger partial charge < -0.3 is 4.42 Å². The second-order valence-corrected chi connectivity index (χ2v) is 6.53. The summed E-state index contributed by atoms with van der Waals surface area (Å²) in [4.78, 5) is 0. The molecule has 0 aliphatic rings.